The van der Waals surface area contributed by atoms with Crippen LogP contribution in [0.15, 0.2) is 0 Å². The summed E-state index contributed by atoms with van der Waals surface area (Å²) in [5, 5.41) is 8.90. The van der Waals surface area contributed by atoms with Crippen molar-refractivity contribution in [1.29, 1.82) is 0 Å². The lowest BCUT2D eigenvalue weighted by Gasteiger charge is -2.33. The van der Waals surface area contributed by atoms with E-state index < -0.39 is 0 Å². The Hall–Kier alpha value is -1.43. The number of rotatable bonds is 4. The third-order valence-corrected chi connectivity index (χ3v) is 6.43. The molecule has 1 saturated carbocycles. The van der Waals surface area contributed by atoms with Crippen LogP contribution in [0.3, 0.4) is 0 Å². The lowest BCUT2D eigenvalue weighted by Crippen LogP contribution is -2.39. The molecule has 0 spiro atoms. The average molecular weight is 345 g/mol. The van der Waals surface area contributed by atoms with Crippen molar-refractivity contribution in [3.8, 4) is 0 Å². The van der Waals surface area contributed by atoms with Crippen LogP contribution in [0.5, 0.6) is 0 Å². The maximum absolute atomic E-state index is 12.5. The van der Waals surface area contributed by atoms with Crippen LogP contribution < -0.4 is 0 Å². The zero-order chi connectivity index (χ0) is 17.2. The minimum absolute atomic E-state index is 0.371. The summed E-state index contributed by atoms with van der Waals surface area (Å²) >= 11 is 0. The molecule has 0 N–H and O–H groups in total. The van der Waals surface area contributed by atoms with E-state index in [9.17, 15) is 4.79 Å². The first-order chi connectivity index (χ1) is 12.2. The predicted octanol–water partition coefficient (Wildman–Crippen LogP) is 2.40. The molecule has 4 rings (SSSR count). The molecule has 2 fully saturated rings. The van der Waals surface area contributed by atoms with Gasteiger partial charge >= 0.3 is 0 Å². The standard InChI is InChI=1S/C19H31N5O/c1-22-12-13-24-17(14-22)20-21-19(24)16-8-10-23(11-9-16)18(25)7-6-15-4-2-3-5-15/h15-16H,2-14H2,1H3. The summed E-state index contributed by atoms with van der Waals surface area (Å²) < 4.78 is 2.32. The smallest absolute Gasteiger partial charge is 0.222 e. The Morgan fingerprint density at radius 3 is 2.56 bits per heavy atom. The molecule has 6 nitrogen and oxygen atoms in total. The van der Waals surface area contributed by atoms with E-state index in [1.54, 1.807) is 0 Å². The van der Waals surface area contributed by atoms with E-state index in [2.05, 4.69) is 31.6 Å². The molecule has 0 unspecified atom stereocenters. The molecule has 3 heterocycles. The fourth-order valence-electron chi connectivity index (χ4n) is 4.77. The molecule has 0 aromatic carbocycles. The highest BCUT2D eigenvalue weighted by molar-refractivity contribution is 5.76. The third kappa shape index (κ3) is 3.73. The van der Waals surface area contributed by atoms with Gasteiger partial charge in [0.1, 0.15) is 11.6 Å². The SMILES string of the molecule is CN1CCn2c(nnc2C2CCN(C(=O)CCC3CCCC3)CC2)C1. The number of carbonyl (C=O) groups is 1. The molecule has 0 bridgehead atoms. The Labute approximate surface area is 150 Å². The molecule has 6 heteroatoms. The Bertz CT molecular complexity index is 599. The van der Waals surface area contributed by atoms with Crippen LogP contribution in [-0.4, -0.2) is 57.2 Å². The van der Waals surface area contributed by atoms with E-state index in [1.165, 1.54) is 25.7 Å². The van der Waals surface area contributed by atoms with E-state index >= 15 is 0 Å². The minimum atomic E-state index is 0.371. The van der Waals surface area contributed by atoms with Gasteiger partial charge in [-0.2, -0.15) is 0 Å². The van der Waals surface area contributed by atoms with Gasteiger partial charge in [-0.05, 0) is 32.2 Å². The van der Waals surface area contributed by atoms with Gasteiger partial charge < -0.3 is 9.47 Å². The molecule has 3 aliphatic rings. The van der Waals surface area contributed by atoms with E-state index in [0.29, 0.717) is 11.8 Å². The molecule has 1 amide bonds. The van der Waals surface area contributed by atoms with Crippen molar-refractivity contribution in [2.45, 2.75) is 70.4 Å². The minimum Gasteiger partial charge on any atom is -0.343 e. The normalized spacial score (nSPS) is 23.2. The Morgan fingerprint density at radius 1 is 1.04 bits per heavy atom. The van der Waals surface area contributed by atoms with Gasteiger partial charge in [-0.15, -0.1) is 10.2 Å². The monoisotopic (exact) mass is 345 g/mol. The predicted molar refractivity (Wildman–Crippen MR) is 96.1 cm³/mol. The molecule has 1 aliphatic carbocycles. The van der Waals surface area contributed by atoms with Crippen molar-refractivity contribution in [2.24, 2.45) is 5.92 Å². The van der Waals surface area contributed by atoms with E-state index in [0.717, 1.165) is 76.0 Å². The quantitative estimate of drug-likeness (QED) is 0.841. The van der Waals surface area contributed by atoms with Gasteiger partial charge in [0.2, 0.25) is 5.91 Å². The molecule has 1 saturated heterocycles. The van der Waals surface area contributed by atoms with E-state index in [-0.39, 0.29) is 0 Å². The number of piperidine rings is 1. The number of likely N-dealkylation sites (N-methyl/N-ethyl adjacent to an activating group) is 1. The summed E-state index contributed by atoms with van der Waals surface area (Å²) in [6.07, 6.45) is 9.31. The summed E-state index contributed by atoms with van der Waals surface area (Å²) in [6.45, 7) is 4.73. The van der Waals surface area contributed by atoms with E-state index in [4.69, 9.17) is 0 Å². The number of fused-ring (bicyclic) bond motifs is 1. The number of hydrogen-bond acceptors (Lipinski definition) is 4. The Kier molecular flexibility index (Phi) is 5.06. The number of likely N-dealkylation sites (tertiary alicyclic amines) is 1. The topological polar surface area (TPSA) is 54.3 Å². The highest BCUT2D eigenvalue weighted by Gasteiger charge is 2.29. The van der Waals surface area contributed by atoms with Gasteiger partial charge in [0.25, 0.3) is 0 Å². The van der Waals surface area contributed by atoms with Crippen LogP contribution in [0, 0.1) is 5.92 Å². The van der Waals surface area contributed by atoms with Gasteiger partial charge in [0, 0.05) is 38.5 Å². The largest absolute Gasteiger partial charge is 0.343 e. The number of carbonyl (C=O) groups excluding carboxylic acids is 1. The molecular weight excluding hydrogens is 314 g/mol. The lowest BCUT2D eigenvalue weighted by atomic mass is 9.95. The first kappa shape index (κ1) is 17.0. The number of nitrogens with zero attached hydrogens (tertiary/aromatic N) is 5. The second kappa shape index (κ2) is 7.44. The number of hydrogen-bond donors (Lipinski definition) is 0. The Morgan fingerprint density at radius 2 is 1.80 bits per heavy atom. The van der Waals surface area contributed by atoms with Crippen LogP contribution in [0.2, 0.25) is 0 Å². The second-order valence-electron chi connectivity index (χ2n) is 8.21. The first-order valence-electron chi connectivity index (χ1n) is 10.1. The third-order valence-electron chi connectivity index (χ3n) is 6.43. The van der Waals surface area contributed by atoms with Crippen LogP contribution in [-0.2, 0) is 17.9 Å². The van der Waals surface area contributed by atoms with Gasteiger partial charge in [-0.25, -0.2) is 0 Å². The van der Waals surface area contributed by atoms with Gasteiger partial charge in [0.05, 0.1) is 6.54 Å². The maximum Gasteiger partial charge on any atom is 0.222 e. The molecule has 0 radical (unpaired) electrons. The van der Waals surface area contributed by atoms with Crippen molar-refractivity contribution in [3.63, 3.8) is 0 Å². The summed E-state index contributed by atoms with van der Waals surface area (Å²) in [6, 6.07) is 0. The van der Waals surface area contributed by atoms with Crippen molar-refractivity contribution in [2.75, 3.05) is 26.7 Å². The van der Waals surface area contributed by atoms with Crippen molar-refractivity contribution >= 4 is 5.91 Å². The fourth-order valence-corrected chi connectivity index (χ4v) is 4.77. The molecule has 0 atom stereocenters. The average Bonchev–Trinajstić information content (AvgIpc) is 3.29. The molecule has 2 aliphatic heterocycles. The zero-order valence-electron chi connectivity index (χ0n) is 15.5. The molecule has 1 aromatic rings. The van der Waals surface area contributed by atoms with Crippen LogP contribution in [0.25, 0.3) is 0 Å². The van der Waals surface area contributed by atoms with Crippen molar-refractivity contribution in [1.82, 2.24) is 24.6 Å². The maximum atomic E-state index is 12.5. The van der Waals surface area contributed by atoms with Gasteiger partial charge in [-0.3, -0.25) is 9.69 Å². The molecule has 25 heavy (non-hydrogen) atoms. The fraction of sp³-hybridized carbons (Fsp3) is 0.842. The lowest BCUT2D eigenvalue weighted by molar-refractivity contribution is -0.132. The second-order valence-corrected chi connectivity index (χ2v) is 8.21. The van der Waals surface area contributed by atoms with Crippen LogP contribution in [0.1, 0.15) is 68.9 Å². The molecule has 138 valence electrons. The highest BCUT2D eigenvalue weighted by Crippen LogP contribution is 2.31. The van der Waals surface area contributed by atoms with Crippen molar-refractivity contribution < 1.29 is 4.79 Å². The molecular formula is C19H31N5O. The number of aromatic nitrogens is 3. The summed E-state index contributed by atoms with van der Waals surface area (Å²) in [5.41, 5.74) is 0. The van der Waals surface area contributed by atoms with E-state index in [1.807, 2.05) is 0 Å². The van der Waals surface area contributed by atoms with Gasteiger partial charge in [-0.1, -0.05) is 25.7 Å². The summed E-state index contributed by atoms with van der Waals surface area (Å²) in [4.78, 5) is 16.9. The first-order valence-corrected chi connectivity index (χ1v) is 10.1. The van der Waals surface area contributed by atoms with Crippen molar-refractivity contribution in [3.05, 3.63) is 11.6 Å². The number of amides is 1. The van der Waals surface area contributed by atoms with Gasteiger partial charge in [0.15, 0.2) is 0 Å². The molecule has 1 aromatic heterocycles. The Balaban J connectivity index is 1.29. The highest BCUT2D eigenvalue weighted by atomic mass is 16.2. The zero-order valence-corrected chi connectivity index (χ0v) is 15.5. The summed E-state index contributed by atoms with van der Waals surface area (Å²) in [7, 11) is 2.13. The van der Waals surface area contributed by atoms with Crippen LogP contribution in [0.4, 0.5) is 0 Å². The van der Waals surface area contributed by atoms with Crippen LogP contribution >= 0.6 is 0 Å². The summed E-state index contributed by atoms with van der Waals surface area (Å²) in [5.74, 6) is 3.89.